The molecule has 0 aliphatic rings. The molecular formula is C13H21NO3S. The number of benzene rings is 1. The molecule has 0 radical (unpaired) electrons. The molecule has 1 atom stereocenters. The van der Waals surface area contributed by atoms with Crippen LogP contribution < -0.4 is 5.14 Å². The monoisotopic (exact) mass is 271 g/mol. The first-order valence-electron chi connectivity index (χ1n) is 6.12. The van der Waals surface area contributed by atoms with Gasteiger partial charge in [-0.1, -0.05) is 44.2 Å². The summed E-state index contributed by atoms with van der Waals surface area (Å²) in [6.45, 7) is 4.06. The summed E-state index contributed by atoms with van der Waals surface area (Å²) < 4.78 is 26.9. The van der Waals surface area contributed by atoms with Gasteiger partial charge in [0.15, 0.2) is 0 Å². The lowest BCUT2D eigenvalue weighted by Gasteiger charge is -2.17. The lowest BCUT2D eigenvalue weighted by atomic mass is 10.00. The molecule has 0 aliphatic carbocycles. The highest BCUT2D eigenvalue weighted by Gasteiger charge is 2.17. The van der Waals surface area contributed by atoms with Crippen LogP contribution in [0.4, 0.5) is 0 Å². The van der Waals surface area contributed by atoms with Crippen molar-refractivity contribution in [3.8, 4) is 0 Å². The van der Waals surface area contributed by atoms with E-state index in [1.807, 2.05) is 44.2 Å². The summed E-state index contributed by atoms with van der Waals surface area (Å²) in [5.41, 5.74) is 1.17. The summed E-state index contributed by atoms with van der Waals surface area (Å²) >= 11 is 0. The summed E-state index contributed by atoms with van der Waals surface area (Å²) in [4.78, 5) is 0. The Morgan fingerprint density at radius 1 is 1.22 bits per heavy atom. The molecule has 4 nitrogen and oxygen atoms in total. The molecule has 0 bridgehead atoms. The first-order chi connectivity index (χ1) is 8.37. The van der Waals surface area contributed by atoms with Crippen molar-refractivity contribution in [2.24, 2.45) is 11.1 Å². The summed E-state index contributed by atoms with van der Waals surface area (Å²) in [6, 6.07) is 9.92. The fourth-order valence-electron chi connectivity index (χ4n) is 1.89. The molecule has 2 N–H and O–H groups in total. The second-order valence-corrected chi connectivity index (χ2v) is 6.04. The van der Waals surface area contributed by atoms with E-state index < -0.39 is 10.3 Å². The SMILES string of the molecule is CC(C)C[C@@H](CCc1ccccc1)OS(N)(=O)=O. The van der Waals surface area contributed by atoms with E-state index in [0.29, 0.717) is 18.8 Å². The van der Waals surface area contributed by atoms with Crippen molar-refractivity contribution in [2.45, 2.75) is 39.2 Å². The van der Waals surface area contributed by atoms with Gasteiger partial charge in [0.05, 0.1) is 6.10 Å². The molecular weight excluding hydrogens is 250 g/mol. The van der Waals surface area contributed by atoms with Gasteiger partial charge in [-0.05, 0) is 30.7 Å². The maximum atomic E-state index is 11.0. The number of aryl methyl sites for hydroxylation is 1. The predicted octanol–water partition coefficient (Wildman–Crippen LogP) is 2.25. The molecule has 0 spiro atoms. The predicted molar refractivity (Wildman–Crippen MR) is 72.2 cm³/mol. The molecule has 0 fully saturated rings. The normalized spacial score (nSPS) is 13.8. The minimum atomic E-state index is -3.87. The van der Waals surface area contributed by atoms with Gasteiger partial charge in [0.25, 0.3) is 0 Å². The Labute approximate surface area is 109 Å². The zero-order valence-electron chi connectivity index (χ0n) is 10.9. The fourth-order valence-corrected chi connectivity index (χ4v) is 2.45. The van der Waals surface area contributed by atoms with Gasteiger partial charge in [-0.3, -0.25) is 4.18 Å². The Bertz CT molecular complexity index is 443. The molecule has 0 unspecified atom stereocenters. The van der Waals surface area contributed by atoms with Crippen molar-refractivity contribution >= 4 is 10.3 Å². The first kappa shape index (κ1) is 15.1. The van der Waals surface area contributed by atoms with E-state index in [1.54, 1.807) is 0 Å². The third-order valence-electron chi connectivity index (χ3n) is 2.60. The van der Waals surface area contributed by atoms with E-state index >= 15 is 0 Å². The average Bonchev–Trinajstić information content (AvgIpc) is 2.24. The average molecular weight is 271 g/mol. The summed E-state index contributed by atoms with van der Waals surface area (Å²) in [7, 11) is -3.87. The van der Waals surface area contributed by atoms with Crippen LogP contribution in [0, 0.1) is 5.92 Å². The van der Waals surface area contributed by atoms with Crippen LogP contribution >= 0.6 is 0 Å². The third kappa shape index (κ3) is 6.74. The zero-order valence-corrected chi connectivity index (χ0v) is 11.7. The summed E-state index contributed by atoms with van der Waals surface area (Å²) in [6.07, 6.45) is 1.77. The van der Waals surface area contributed by atoms with Gasteiger partial charge >= 0.3 is 10.3 Å². The van der Waals surface area contributed by atoms with E-state index in [1.165, 1.54) is 5.56 Å². The van der Waals surface area contributed by atoms with Gasteiger partial charge in [0.2, 0.25) is 0 Å². The second-order valence-electron chi connectivity index (χ2n) is 4.86. The minimum Gasteiger partial charge on any atom is -0.255 e. The minimum absolute atomic E-state index is 0.347. The lowest BCUT2D eigenvalue weighted by molar-refractivity contribution is 0.172. The van der Waals surface area contributed by atoms with Gasteiger partial charge in [-0.15, -0.1) is 0 Å². The Hall–Kier alpha value is -0.910. The molecule has 0 aromatic heterocycles. The molecule has 0 aliphatic heterocycles. The standard InChI is InChI=1S/C13H21NO3S/c1-11(2)10-13(17-18(14,15)16)9-8-12-6-4-3-5-7-12/h3-7,11,13H,8-10H2,1-2H3,(H2,14,15,16)/t13-/m1/s1. The Balaban J connectivity index is 2.56. The van der Waals surface area contributed by atoms with Crippen molar-refractivity contribution in [2.75, 3.05) is 0 Å². The van der Waals surface area contributed by atoms with E-state index in [0.717, 1.165) is 6.42 Å². The van der Waals surface area contributed by atoms with Crippen LogP contribution in [-0.2, 0) is 20.9 Å². The second kappa shape index (κ2) is 6.87. The Kier molecular flexibility index (Phi) is 5.78. The van der Waals surface area contributed by atoms with Gasteiger partial charge in [0, 0.05) is 0 Å². The van der Waals surface area contributed by atoms with Crippen LogP contribution in [0.15, 0.2) is 30.3 Å². The van der Waals surface area contributed by atoms with Crippen molar-refractivity contribution < 1.29 is 12.6 Å². The quantitative estimate of drug-likeness (QED) is 0.827. The Morgan fingerprint density at radius 2 is 1.83 bits per heavy atom. The number of hydrogen-bond acceptors (Lipinski definition) is 3. The highest BCUT2D eigenvalue weighted by atomic mass is 32.2. The van der Waals surface area contributed by atoms with Crippen LogP contribution in [0.2, 0.25) is 0 Å². The van der Waals surface area contributed by atoms with Crippen LogP contribution in [-0.4, -0.2) is 14.5 Å². The van der Waals surface area contributed by atoms with Crippen molar-refractivity contribution in [3.05, 3.63) is 35.9 Å². The maximum Gasteiger partial charge on any atom is 0.333 e. The van der Waals surface area contributed by atoms with Crippen molar-refractivity contribution in [1.29, 1.82) is 0 Å². The van der Waals surface area contributed by atoms with E-state index in [9.17, 15) is 8.42 Å². The fraction of sp³-hybridized carbons (Fsp3) is 0.538. The van der Waals surface area contributed by atoms with Gasteiger partial charge in [-0.25, -0.2) is 5.14 Å². The summed E-state index contributed by atoms with van der Waals surface area (Å²) in [5, 5.41) is 4.93. The summed E-state index contributed by atoms with van der Waals surface area (Å²) in [5.74, 6) is 0.368. The van der Waals surface area contributed by atoms with Crippen molar-refractivity contribution in [3.63, 3.8) is 0 Å². The number of rotatable bonds is 7. The largest absolute Gasteiger partial charge is 0.333 e. The first-order valence-corrected chi connectivity index (χ1v) is 7.59. The Morgan fingerprint density at radius 3 is 2.33 bits per heavy atom. The molecule has 102 valence electrons. The smallest absolute Gasteiger partial charge is 0.255 e. The number of hydrogen-bond donors (Lipinski definition) is 1. The van der Waals surface area contributed by atoms with E-state index in [4.69, 9.17) is 9.32 Å². The topological polar surface area (TPSA) is 69.4 Å². The highest BCUT2D eigenvalue weighted by molar-refractivity contribution is 7.84. The number of nitrogens with two attached hydrogens (primary N) is 1. The molecule has 18 heavy (non-hydrogen) atoms. The molecule has 0 saturated heterocycles. The molecule has 0 amide bonds. The molecule has 1 rings (SSSR count). The highest BCUT2D eigenvalue weighted by Crippen LogP contribution is 2.16. The maximum absolute atomic E-state index is 11.0. The molecule has 1 aromatic carbocycles. The molecule has 0 heterocycles. The molecule has 1 aromatic rings. The third-order valence-corrected chi connectivity index (χ3v) is 3.14. The molecule has 0 saturated carbocycles. The van der Waals surface area contributed by atoms with Gasteiger partial charge in [0.1, 0.15) is 0 Å². The van der Waals surface area contributed by atoms with Crippen LogP contribution in [0.25, 0.3) is 0 Å². The molecule has 5 heteroatoms. The van der Waals surface area contributed by atoms with Crippen LogP contribution in [0.5, 0.6) is 0 Å². The van der Waals surface area contributed by atoms with Gasteiger partial charge < -0.3 is 0 Å². The van der Waals surface area contributed by atoms with E-state index in [-0.39, 0.29) is 6.10 Å². The van der Waals surface area contributed by atoms with Crippen LogP contribution in [0.3, 0.4) is 0 Å². The van der Waals surface area contributed by atoms with E-state index in [2.05, 4.69) is 0 Å². The van der Waals surface area contributed by atoms with Gasteiger partial charge in [-0.2, -0.15) is 8.42 Å². The zero-order chi connectivity index (χ0) is 13.6. The lowest BCUT2D eigenvalue weighted by Crippen LogP contribution is -2.25. The van der Waals surface area contributed by atoms with Crippen molar-refractivity contribution in [1.82, 2.24) is 0 Å². The van der Waals surface area contributed by atoms with Crippen LogP contribution in [0.1, 0.15) is 32.3 Å².